The summed E-state index contributed by atoms with van der Waals surface area (Å²) in [5, 5.41) is 1.33. The highest BCUT2D eigenvalue weighted by Gasteiger charge is 2.34. The number of aromatic nitrogens is 3. The minimum atomic E-state index is 0.0411. The summed E-state index contributed by atoms with van der Waals surface area (Å²) in [6.45, 7) is 3.26. The number of Topliss-reactive ketones (excluding diaryl/α,β-unsaturated/α-hetero) is 1. The molecule has 2 aromatic carbocycles. The van der Waals surface area contributed by atoms with E-state index in [2.05, 4.69) is 24.3 Å². The first-order valence-corrected chi connectivity index (χ1v) is 12.7. The SMILES string of the molecule is CC(=O)C[C@H](N(C)C)N1CCC(n2c(Cl)c(-c3ccc(Oc4ccccc4)cc3)c3c(N)ncnc32)C1. The van der Waals surface area contributed by atoms with E-state index in [1.165, 1.54) is 6.33 Å². The molecule has 0 aliphatic carbocycles. The molecule has 1 fully saturated rings. The molecule has 2 atom stereocenters. The summed E-state index contributed by atoms with van der Waals surface area (Å²) in [6.07, 6.45) is 2.90. The molecule has 0 saturated carbocycles. The number of nitrogens with two attached hydrogens (primary N) is 1. The number of nitrogens with zero attached hydrogens (tertiary/aromatic N) is 5. The van der Waals surface area contributed by atoms with Crippen molar-refractivity contribution in [3.63, 3.8) is 0 Å². The quantitative estimate of drug-likeness (QED) is 0.341. The van der Waals surface area contributed by atoms with E-state index in [-0.39, 0.29) is 18.0 Å². The Morgan fingerprint density at radius 1 is 1.14 bits per heavy atom. The van der Waals surface area contributed by atoms with Gasteiger partial charge in [-0.05, 0) is 57.3 Å². The zero-order valence-electron chi connectivity index (χ0n) is 21.3. The Balaban J connectivity index is 1.49. The van der Waals surface area contributed by atoms with Crippen LogP contribution < -0.4 is 10.5 Å². The number of benzene rings is 2. The Hall–Kier alpha value is -3.46. The van der Waals surface area contributed by atoms with Crippen molar-refractivity contribution in [3.05, 3.63) is 66.1 Å². The Bertz CT molecular complexity index is 1400. The second-order valence-electron chi connectivity index (χ2n) is 9.72. The summed E-state index contributed by atoms with van der Waals surface area (Å²) in [4.78, 5) is 25.2. The number of anilines is 1. The highest BCUT2D eigenvalue weighted by atomic mass is 35.5. The van der Waals surface area contributed by atoms with Crippen LogP contribution in [-0.4, -0.2) is 63.5 Å². The summed E-state index contributed by atoms with van der Waals surface area (Å²) in [5.41, 5.74) is 8.82. The first-order chi connectivity index (χ1) is 17.8. The zero-order chi connectivity index (χ0) is 26.1. The average Bonchev–Trinajstić information content (AvgIpc) is 3.46. The van der Waals surface area contributed by atoms with Gasteiger partial charge in [-0.1, -0.05) is 41.9 Å². The van der Waals surface area contributed by atoms with Crippen LogP contribution in [0.4, 0.5) is 5.82 Å². The van der Waals surface area contributed by atoms with Gasteiger partial charge in [-0.3, -0.25) is 14.6 Å². The monoisotopic (exact) mass is 518 g/mol. The molecule has 1 aliphatic rings. The van der Waals surface area contributed by atoms with Gasteiger partial charge in [0.2, 0.25) is 0 Å². The van der Waals surface area contributed by atoms with Crippen molar-refractivity contribution in [1.29, 1.82) is 0 Å². The predicted octanol–water partition coefficient (Wildman–Crippen LogP) is 5.24. The third kappa shape index (κ3) is 5.05. The number of fused-ring (bicyclic) bond motifs is 1. The summed E-state index contributed by atoms with van der Waals surface area (Å²) < 4.78 is 8.04. The highest BCUT2D eigenvalue weighted by Crippen LogP contribution is 2.43. The van der Waals surface area contributed by atoms with Crippen molar-refractivity contribution >= 4 is 34.2 Å². The van der Waals surface area contributed by atoms with Crippen molar-refractivity contribution in [1.82, 2.24) is 24.3 Å². The van der Waals surface area contributed by atoms with Crippen molar-refractivity contribution < 1.29 is 9.53 Å². The molecule has 192 valence electrons. The van der Waals surface area contributed by atoms with E-state index >= 15 is 0 Å². The fourth-order valence-corrected chi connectivity index (χ4v) is 5.61. The number of para-hydroxylation sites is 1. The second kappa shape index (κ2) is 10.5. The number of carbonyl (C=O) groups excluding carboxylic acids is 1. The van der Waals surface area contributed by atoms with Gasteiger partial charge < -0.3 is 15.0 Å². The van der Waals surface area contributed by atoms with Crippen LogP contribution >= 0.6 is 11.6 Å². The first kappa shape index (κ1) is 25.2. The number of ketones is 1. The maximum absolute atomic E-state index is 11.9. The van der Waals surface area contributed by atoms with Gasteiger partial charge in [0.25, 0.3) is 0 Å². The number of ether oxygens (including phenoxy) is 1. The van der Waals surface area contributed by atoms with E-state index < -0.39 is 0 Å². The molecule has 0 bridgehead atoms. The molecular formula is C28H31ClN6O2. The predicted molar refractivity (Wildman–Crippen MR) is 147 cm³/mol. The molecule has 4 aromatic rings. The normalized spacial score (nSPS) is 16.9. The highest BCUT2D eigenvalue weighted by molar-refractivity contribution is 6.35. The van der Waals surface area contributed by atoms with Gasteiger partial charge in [-0.2, -0.15) is 0 Å². The minimum absolute atomic E-state index is 0.0411. The summed E-state index contributed by atoms with van der Waals surface area (Å²) in [6, 6.07) is 17.5. The third-order valence-corrected chi connectivity index (χ3v) is 7.29. The van der Waals surface area contributed by atoms with Gasteiger partial charge in [0, 0.05) is 25.1 Å². The number of likely N-dealkylation sites (tertiary alicyclic amines) is 1. The van der Waals surface area contributed by atoms with Gasteiger partial charge in [-0.15, -0.1) is 0 Å². The maximum atomic E-state index is 11.9. The molecule has 1 unspecified atom stereocenters. The molecule has 1 aliphatic heterocycles. The van der Waals surface area contributed by atoms with Crippen LogP contribution in [-0.2, 0) is 4.79 Å². The van der Waals surface area contributed by atoms with Crippen LogP contribution in [0.5, 0.6) is 11.5 Å². The van der Waals surface area contributed by atoms with Crippen molar-refractivity contribution in [3.8, 4) is 22.6 Å². The summed E-state index contributed by atoms with van der Waals surface area (Å²) >= 11 is 7.11. The lowest BCUT2D eigenvalue weighted by Gasteiger charge is -2.32. The lowest BCUT2D eigenvalue weighted by Crippen LogP contribution is -2.45. The lowest BCUT2D eigenvalue weighted by molar-refractivity contribution is -0.119. The van der Waals surface area contributed by atoms with E-state index in [0.717, 1.165) is 53.2 Å². The number of rotatable bonds is 8. The molecule has 0 spiro atoms. The van der Waals surface area contributed by atoms with Crippen LogP contribution in [0.25, 0.3) is 22.2 Å². The average molecular weight is 519 g/mol. The van der Waals surface area contributed by atoms with Crippen LogP contribution in [0.2, 0.25) is 5.15 Å². The fraction of sp³-hybridized carbons (Fsp3) is 0.321. The molecule has 1 saturated heterocycles. The smallest absolute Gasteiger partial charge is 0.147 e. The Kier molecular flexibility index (Phi) is 7.15. The molecule has 3 heterocycles. The van der Waals surface area contributed by atoms with Crippen LogP contribution in [0.3, 0.4) is 0 Å². The Morgan fingerprint density at radius 2 is 1.84 bits per heavy atom. The van der Waals surface area contributed by atoms with Crippen molar-refractivity contribution in [2.75, 3.05) is 32.9 Å². The largest absolute Gasteiger partial charge is 0.457 e. The van der Waals surface area contributed by atoms with Crippen molar-refractivity contribution in [2.24, 2.45) is 0 Å². The maximum Gasteiger partial charge on any atom is 0.147 e. The minimum Gasteiger partial charge on any atom is -0.457 e. The van der Waals surface area contributed by atoms with E-state index in [1.54, 1.807) is 6.92 Å². The molecule has 37 heavy (non-hydrogen) atoms. The zero-order valence-corrected chi connectivity index (χ0v) is 22.0. The number of hydrogen-bond donors (Lipinski definition) is 1. The van der Waals surface area contributed by atoms with Crippen LogP contribution in [0, 0.1) is 0 Å². The summed E-state index contributed by atoms with van der Waals surface area (Å²) in [7, 11) is 4.02. The molecule has 5 rings (SSSR count). The Morgan fingerprint density at radius 3 is 2.51 bits per heavy atom. The molecule has 2 N–H and O–H groups in total. The Labute approximate surface area is 221 Å². The van der Waals surface area contributed by atoms with Gasteiger partial charge in [0.05, 0.1) is 17.6 Å². The van der Waals surface area contributed by atoms with E-state index in [1.807, 2.05) is 68.7 Å². The van der Waals surface area contributed by atoms with E-state index in [4.69, 9.17) is 22.1 Å². The van der Waals surface area contributed by atoms with Gasteiger partial charge in [0.1, 0.15) is 40.2 Å². The van der Waals surface area contributed by atoms with Crippen molar-refractivity contribution in [2.45, 2.75) is 32.0 Å². The number of halogens is 1. The first-order valence-electron chi connectivity index (χ1n) is 12.4. The van der Waals surface area contributed by atoms with Gasteiger partial charge in [0.15, 0.2) is 0 Å². The molecule has 8 nitrogen and oxygen atoms in total. The van der Waals surface area contributed by atoms with Crippen LogP contribution in [0.15, 0.2) is 60.9 Å². The third-order valence-electron chi connectivity index (χ3n) is 6.92. The topological polar surface area (TPSA) is 89.5 Å². The van der Waals surface area contributed by atoms with Gasteiger partial charge in [-0.25, -0.2) is 9.97 Å². The number of nitrogen functional groups attached to an aromatic ring is 1. The lowest BCUT2D eigenvalue weighted by atomic mass is 10.1. The van der Waals surface area contributed by atoms with E-state index in [9.17, 15) is 4.79 Å². The number of carbonyl (C=O) groups is 1. The second-order valence-corrected chi connectivity index (χ2v) is 10.1. The van der Waals surface area contributed by atoms with E-state index in [0.29, 0.717) is 17.4 Å². The fourth-order valence-electron chi connectivity index (χ4n) is 5.18. The molecular weight excluding hydrogens is 488 g/mol. The number of hydrogen-bond acceptors (Lipinski definition) is 7. The standard InChI is InChI=1S/C28H31ClN6O2/c1-18(36)15-23(33(2)3)34-14-13-20(16-34)35-26(29)24(25-27(30)31-17-32-28(25)35)19-9-11-22(12-10-19)37-21-7-5-4-6-8-21/h4-12,17,20,23H,13-16H2,1-3H3,(H2,30,31,32)/t20?,23-/m1/s1. The molecule has 2 aromatic heterocycles. The molecule has 0 amide bonds. The van der Waals surface area contributed by atoms with Gasteiger partial charge >= 0.3 is 0 Å². The summed E-state index contributed by atoms with van der Waals surface area (Å²) in [5.74, 6) is 2.07. The molecule has 9 heteroatoms. The van der Waals surface area contributed by atoms with Crippen LogP contribution in [0.1, 0.15) is 25.8 Å². The molecule has 0 radical (unpaired) electrons.